The van der Waals surface area contributed by atoms with Crippen LogP contribution in [0.5, 0.6) is 0 Å². The summed E-state index contributed by atoms with van der Waals surface area (Å²) in [5.74, 6) is -1.17. The lowest BCUT2D eigenvalue weighted by Gasteiger charge is -2.26. The molecule has 4 heteroatoms. The fourth-order valence-electron chi connectivity index (χ4n) is 2.31. The molecule has 0 radical (unpaired) electrons. The van der Waals surface area contributed by atoms with Gasteiger partial charge in [-0.2, -0.15) is 0 Å². The Kier molecular flexibility index (Phi) is 3.84. The van der Waals surface area contributed by atoms with Gasteiger partial charge in [0.05, 0.1) is 0 Å². The lowest BCUT2D eigenvalue weighted by molar-refractivity contribution is -0.142. The van der Waals surface area contributed by atoms with Crippen molar-refractivity contribution in [1.29, 1.82) is 0 Å². The van der Waals surface area contributed by atoms with E-state index in [1.165, 1.54) is 0 Å². The molecule has 0 aliphatic heterocycles. The fourth-order valence-corrected chi connectivity index (χ4v) is 2.31. The van der Waals surface area contributed by atoms with E-state index in [0.29, 0.717) is 5.56 Å². The number of carboxylic acids is 1. The Morgan fingerprint density at radius 3 is 2.35 bits per heavy atom. The number of nitrogens with one attached hydrogen (secondary N) is 1. The molecular weight excluding hydrogens is 254 g/mol. The Balaban J connectivity index is 2.34. The summed E-state index contributed by atoms with van der Waals surface area (Å²) in [4.78, 5) is 23.4. The zero-order valence-electron chi connectivity index (χ0n) is 12.1. The fraction of sp³-hybridized carbons (Fsp3) is 0.500. The second-order valence-corrected chi connectivity index (χ2v) is 6.39. The average molecular weight is 275 g/mol. The molecule has 1 aliphatic rings. The molecule has 1 aliphatic carbocycles. The van der Waals surface area contributed by atoms with Crippen molar-refractivity contribution in [2.75, 3.05) is 0 Å². The Hall–Kier alpha value is -1.84. The number of hydrogen-bond acceptors (Lipinski definition) is 2. The second kappa shape index (κ2) is 5.27. The number of hydrogen-bond donors (Lipinski definition) is 2. The molecule has 0 unspecified atom stereocenters. The third-order valence-electron chi connectivity index (χ3n) is 3.56. The molecule has 0 saturated heterocycles. The summed E-state index contributed by atoms with van der Waals surface area (Å²) < 4.78 is 0. The minimum Gasteiger partial charge on any atom is -0.479 e. The van der Waals surface area contributed by atoms with Crippen LogP contribution in [-0.2, 0) is 15.0 Å². The smallest absolute Gasteiger partial charge is 0.330 e. The van der Waals surface area contributed by atoms with Crippen LogP contribution >= 0.6 is 0 Å². The zero-order chi connectivity index (χ0) is 14.9. The van der Waals surface area contributed by atoms with Gasteiger partial charge >= 0.3 is 5.97 Å². The van der Waals surface area contributed by atoms with Gasteiger partial charge in [0.15, 0.2) is 6.04 Å². The van der Waals surface area contributed by atoms with Crippen LogP contribution < -0.4 is 5.32 Å². The van der Waals surface area contributed by atoms with Crippen LogP contribution in [0.15, 0.2) is 24.3 Å². The highest BCUT2D eigenvalue weighted by molar-refractivity contribution is 5.87. The molecule has 1 aromatic carbocycles. The number of carbonyl (C=O) groups is 2. The summed E-state index contributed by atoms with van der Waals surface area (Å²) in [6.45, 7) is 6.11. The molecule has 1 amide bonds. The number of aliphatic carboxylic acids is 1. The lowest BCUT2D eigenvalue weighted by Crippen LogP contribution is -2.36. The highest BCUT2D eigenvalue weighted by Crippen LogP contribution is 2.32. The van der Waals surface area contributed by atoms with Crippen molar-refractivity contribution in [1.82, 2.24) is 5.32 Å². The highest BCUT2D eigenvalue weighted by atomic mass is 16.4. The monoisotopic (exact) mass is 275 g/mol. The van der Waals surface area contributed by atoms with E-state index in [9.17, 15) is 14.7 Å². The van der Waals surface area contributed by atoms with E-state index in [2.05, 4.69) is 5.32 Å². The molecule has 108 valence electrons. The first-order valence-electron chi connectivity index (χ1n) is 6.93. The number of rotatable bonds is 4. The van der Waals surface area contributed by atoms with Crippen LogP contribution in [-0.4, -0.2) is 17.0 Å². The summed E-state index contributed by atoms with van der Waals surface area (Å²) in [5.41, 5.74) is 1.44. The first kappa shape index (κ1) is 14.6. The van der Waals surface area contributed by atoms with Crippen LogP contribution in [0.1, 0.15) is 50.8 Å². The van der Waals surface area contributed by atoms with Crippen LogP contribution in [0.4, 0.5) is 0 Å². The molecule has 4 nitrogen and oxygen atoms in total. The van der Waals surface area contributed by atoms with Crippen LogP contribution in [0.3, 0.4) is 0 Å². The number of carboxylic acid groups (broad SMARTS) is 1. The maximum Gasteiger partial charge on any atom is 0.330 e. The Morgan fingerprint density at radius 1 is 1.25 bits per heavy atom. The van der Waals surface area contributed by atoms with Gasteiger partial charge in [-0.3, -0.25) is 4.79 Å². The van der Waals surface area contributed by atoms with Crippen molar-refractivity contribution >= 4 is 11.9 Å². The molecule has 1 atom stereocenters. The maximum atomic E-state index is 11.9. The Labute approximate surface area is 119 Å². The van der Waals surface area contributed by atoms with Gasteiger partial charge in [0.2, 0.25) is 5.91 Å². The molecule has 2 N–H and O–H groups in total. The first-order chi connectivity index (χ1) is 9.30. The Bertz CT molecular complexity index is 527. The third kappa shape index (κ3) is 3.18. The molecule has 0 bridgehead atoms. The average Bonchev–Trinajstić information content (AvgIpc) is 3.18. The van der Waals surface area contributed by atoms with Crippen molar-refractivity contribution in [2.45, 2.75) is 45.1 Å². The van der Waals surface area contributed by atoms with Crippen molar-refractivity contribution in [3.8, 4) is 0 Å². The zero-order valence-corrected chi connectivity index (χ0v) is 12.1. The molecule has 0 spiro atoms. The summed E-state index contributed by atoms with van der Waals surface area (Å²) in [6, 6.07) is 6.44. The summed E-state index contributed by atoms with van der Waals surface area (Å²) in [6.07, 6.45) is 1.72. The standard InChI is InChI=1S/C16H21NO3/c1-16(2,3)12-7-5-4-6-11(12)13(15(19)20)17-14(18)10-8-9-10/h4-7,10,13H,8-9H2,1-3H3,(H,17,18)(H,19,20)/t13-/m1/s1. The first-order valence-corrected chi connectivity index (χ1v) is 6.93. The van der Waals surface area contributed by atoms with Crippen molar-refractivity contribution < 1.29 is 14.7 Å². The van der Waals surface area contributed by atoms with E-state index in [4.69, 9.17) is 0 Å². The minimum absolute atomic E-state index is 0.00125. The molecule has 1 saturated carbocycles. The van der Waals surface area contributed by atoms with Gasteiger partial charge in [-0.15, -0.1) is 0 Å². The van der Waals surface area contributed by atoms with Gasteiger partial charge in [-0.1, -0.05) is 45.0 Å². The van der Waals surface area contributed by atoms with E-state index in [1.54, 1.807) is 6.07 Å². The highest BCUT2D eigenvalue weighted by Gasteiger charge is 2.34. The van der Waals surface area contributed by atoms with E-state index in [0.717, 1.165) is 18.4 Å². The maximum absolute atomic E-state index is 11.9. The Morgan fingerprint density at radius 2 is 1.85 bits per heavy atom. The summed E-state index contributed by atoms with van der Waals surface area (Å²) >= 11 is 0. The molecule has 0 aromatic heterocycles. The van der Waals surface area contributed by atoms with Crippen molar-refractivity contribution in [3.05, 3.63) is 35.4 Å². The summed E-state index contributed by atoms with van der Waals surface area (Å²) in [5, 5.41) is 12.1. The minimum atomic E-state index is -1.02. The molecule has 2 rings (SSSR count). The predicted molar refractivity (Wildman–Crippen MR) is 76.4 cm³/mol. The summed E-state index contributed by atoms with van der Waals surface area (Å²) in [7, 11) is 0. The van der Waals surface area contributed by atoms with Crippen LogP contribution in [0.2, 0.25) is 0 Å². The van der Waals surface area contributed by atoms with Crippen LogP contribution in [0.25, 0.3) is 0 Å². The topological polar surface area (TPSA) is 66.4 Å². The molecule has 0 heterocycles. The number of carbonyl (C=O) groups excluding carboxylic acids is 1. The normalized spacial score (nSPS) is 16.6. The van der Waals surface area contributed by atoms with Crippen molar-refractivity contribution in [3.63, 3.8) is 0 Å². The van der Waals surface area contributed by atoms with E-state index in [1.807, 2.05) is 39.0 Å². The largest absolute Gasteiger partial charge is 0.479 e. The predicted octanol–water partition coefficient (Wildman–Crippen LogP) is 2.64. The van der Waals surface area contributed by atoms with Gasteiger partial charge in [0.25, 0.3) is 0 Å². The van der Waals surface area contributed by atoms with E-state index >= 15 is 0 Å². The molecular formula is C16H21NO3. The van der Waals surface area contributed by atoms with Crippen LogP contribution in [0, 0.1) is 5.92 Å². The van der Waals surface area contributed by atoms with Gasteiger partial charge in [0, 0.05) is 5.92 Å². The number of benzene rings is 1. The molecule has 1 aromatic rings. The van der Waals surface area contributed by atoms with E-state index < -0.39 is 12.0 Å². The quantitative estimate of drug-likeness (QED) is 0.887. The van der Waals surface area contributed by atoms with E-state index in [-0.39, 0.29) is 17.2 Å². The lowest BCUT2D eigenvalue weighted by atomic mass is 9.82. The SMILES string of the molecule is CC(C)(C)c1ccccc1[C@@H](NC(=O)C1CC1)C(=O)O. The van der Waals surface area contributed by atoms with Gasteiger partial charge in [-0.25, -0.2) is 4.79 Å². The molecule has 20 heavy (non-hydrogen) atoms. The third-order valence-corrected chi connectivity index (χ3v) is 3.56. The second-order valence-electron chi connectivity index (χ2n) is 6.39. The number of amides is 1. The van der Waals surface area contributed by atoms with Gasteiger partial charge in [-0.05, 0) is 29.4 Å². The van der Waals surface area contributed by atoms with Crippen molar-refractivity contribution in [2.24, 2.45) is 5.92 Å². The van der Waals surface area contributed by atoms with Gasteiger partial charge < -0.3 is 10.4 Å². The van der Waals surface area contributed by atoms with Gasteiger partial charge in [0.1, 0.15) is 0 Å². The molecule has 1 fully saturated rings.